The Balaban J connectivity index is 1.34. The number of hydrogen-bond acceptors (Lipinski definition) is 4. The molecular weight excluding hydrogens is 348 g/mol. The van der Waals surface area contributed by atoms with Gasteiger partial charge < -0.3 is 14.2 Å². The highest BCUT2D eigenvalue weighted by Gasteiger charge is 2.46. The van der Waals surface area contributed by atoms with E-state index in [0.717, 1.165) is 37.5 Å². The molecule has 1 aromatic heterocycles. The second kappa shape index (κ2) is 7.67. The van der Waals surface area contributed by atoms with E-state index >= 15 is 0 Å². The molecule has 4 rings (SSSR count). The first-order valence-electron chi connectivity index (χ1n) is 9.95. The van der Waals surface area contributed by atoms with Gasteiger partial charge in [-0.25, -0.2) is 0 Å². The van der Waals surface area contributed by atoms with Crippen molar-refractivity contribution in [3.8, 4) is 0 Å². The summed E-state index contributed by atoms with van der Waals surface area (Å²) in [6, 6.07) is 3.46. The summed E-state index contributed by atoms with van der Waals surface area (Å²) in [7, 11) is 0. The number of nitrogens with zero attached hydrogens (tertiary/aromatic N) is 2. The molecule has 3 aliphatic rings. The minimum absolute atomic E-state index is 0.0352. The molecule has 1 spiro atoms. The fourth-order valence-corrected chi connectivity index (χ4v) is 6.23. The van der Waals surface area contributed by atoms with Gasteiger partial charge in [0.2, 0.25) is 5.91 Å². The van der Waals surface area contributed by atoms with E-state index < -0.39 is 0 Å². The van der Waals surface area contributed by atoms with Gasteiger partial charge in [0.25, 0.3) is 5.91 Å². The van der Waals surface area contributed by atoms with Crippen molar-refractivity contribution >= 4 is 23.6 Å². The molecule has 2 amide bonds. The Hall–Kier alpha value is -1.43. The van der Waals surface area contributed by atoms with Gasteiger partial charge in [-0.2, -0.15) is 0 Å². The smallest absolute Gasteiger partial charge is 0.289 e. The minimum atomic E-state index is -0.0906. The third-order valence-corrected chi connectivity index (χ3v) is 7.84. The van der Waals surface area contributed by atoms with Gasteiger partial charge in [-0.1, -0.05) is 25.7 Å². The zero-order valence-corrected chi connectivity index (χ0v) is 16.1. The zero-order chi connectivity index (χ0) is 18.0. The van der Waals surface area contributed by atoms with Crippen molar-refractivity contribution in [2.45, 2.75) is 56.2 Å². The summed E-state index contributed by atoms with van der Waals surface area (Å²) in [5.74, 6) is 2.48. The number of thioether (sulfide) groups is 1. The van der Waals surface area contributed by atoms with Crippen LogP contribution in [0.15, 0.2) is 22.8 Å². The molecular formula is C20H28N2O3S. The molecule has 26 heavy (non-hydrogen) atoms. The summed E-state index contributed by atoms with van der Waals surface area (Å²) in [6.07, 6.45) is 10.3. The summed E-state index contributed by atoms with van der Waals surface area (Å²) in [5.41, 5.74) is 0. The highest BCUT2D eigenvalue weighted by molar-refractivity contribution is 8.00. The molecule has 2 saturated heterocycles. The molecule has 5 nitrogen and oxygen atoms in total. The van der Waals surface area contributed by atoms with Crippen LogP contribution in [0.1, 0.15) is 61.9 Å². The molecule has 1 saturated carbocycles. The molecule has 142 valence electrons. The Morgan fingerprint density at radius 2 is 1.96 bits per heavy atom. The van der Waals surface area contributed by atoms with E-state index in [1.165, 1.54) is 31.9 Å². The van der Waals surface area contributed by atoms with Crippen LogP contribution >= 0.6 is 11.8 Å². The van der Waals surface area contributed by atoms with Crippen LogP contribution in [0.2, 0.25) is 0 Å². The number of piperidine rings is 1. The Labute approximate surface area is 159 Å². The number of amides is 2. The summed E-state index contributed by atoms with van der Waals surface area (Å²) >= 11 is 1.92. The zero-order valence-electron chi connectivity index (χ0n) is 15.3. The van der Waals surface area contributed by atoms with Crippen LogP contribution in [0.3, 0.4) is 0 Å². The molecule has 6 heteroatoms. The maximum atomic E-state index is 12.9. The number of rotatable bonds is 4. The number of carbonyl (C=O) groups excluding carboxylic acids is 2. The Morgan fingerprint density at radius 1 is 1.19 bits per heavy atom. The monoisotopic (exact) mass is 376 g/mol. The van der Waals surface area contributed by atoms with E-state index in [4.69, 9.17) is 4.42 Å². The molecule has 1 aromatic rings. The van der Waals surface area contributed by atoms with E-state index in [1.54, 1.807) is 12.1 Å². The molecule has 0 N–H and O–H groups in total. The van der Waals surface area contributed by atoms with Crippen molar-refractivity contribution in [1.29, 1.82) is 0 Å². The molecule has 0 unspecified atom stereocenters. The second-order valence-electron chi connectivity index (χ2n) is 7.80. The van der Waals surface area contributed by atoms with Crippen LogP contribution in [-0.4, -0.2) is 51.9 Å². The molecule has 2 aliphatic heterocycles. The summed E-state index contributed by atoms with van der Waals surface area (Å²) in [4.78, 5) is 29.3. The molecule has 0 atom stereocenters. The maximum absolute atomic E-state index is 12.9. The average Bonchev–Trinajstić information content (AvgIpc) is 3.42. The van der Waals surface area contributed by atoms with Gasteiger partial charge in [-0.15, -0.1) is 11.8 Å². The van der Waals surface area contributed by atoms with Gasteiger partial charge in [0.05, 0.1) is 11.1 Å². The van der Waals surface area contributed by atoms with Crippen molar-refractivity contribution in [2.75, 3.05) is 25.4 Å². The average molecular weight is 377 g/mol. The fourth-order valence-electron chi connectivity index (χ4n) is 4.75. The molecule has 3 heterocycles. The first-order valence-corrected chi connectivity index (χ1v) is 10.9. The van der Waals surface area contributed by atoms with Crippen molar-refractivity contribution in [1.82, 2.24) is 9.80 Å². The summed E-state index contributed by atoms with van der Waals surface area (Å²) in [6.45, 7) is 2.25. The molecule has 1 aliphatic carbocycles. The van der Waals surface area contributed by atoms with E-state index in [0.29, 0.717) is 31.2 Å². The van der Waals surface area contributed by atoms with Crippen LogP contribution in [0.4, 0.5) is 0 Å². The summed E-state index contributed by atoms with van der Waals surface area (Å²) < 4.78 is 5.24. The minimum Gasteiger partial charge on any atom is -0.459 e. The van der Waals surface area contributed by atoms with Gasteiger partial charge in [-0.3, -0.25) is 9.59 Å². The SMILES string of the molecule is O=C(c1ccco1)N1CCC2(CC1)SCCN2C(=O)CCC1CCCC1. The van der Waals surface area contributed by atoms with Crippen molar-refractivity contribution in [3.05, 3.63) is 24.2 Å². The van der Waals surface area contributed by atoms with E-state index in [2.05, 4.69) is 4.90 Å². The van der Waals surface area contributed by atoms with E-state index in [1.807, 2.05) is 16.7 Å². The van der Waals surface area contributed by atoms with Gasteiger partial charge >= 0.3 is 0 Å². The highest BCUT2D eigenvalue weighted by atomic mass is 32.2. The first-order chi connectivity index (χ1) is 12.7. The highest BCUT2D eigenvalue weighted by Crippen LogP contribution is 2.44. The summed E-state index contributed by atoms with van der Waals surface area (Å²) in [5, 5.41) is 0. The van der Waals surface area contributed by atoms with Gasteiger partial charge in [0, 0.05) is 31.8 Å². The van der Waals surface area contributed by atoms with Gasteiger partial charge in [0.15, 0.2) is 5.76 Å². The molecule has 0 radical (unpaired) electrons. The Kier molecular flexibility index (Phi) is 5.30. The molecule has 0 aromatic carbocycles. The van der Waals surface area contributed by atoms with Crippen LogP contribution < -0.4 is 0 Å². The Morgan fingerprint density at radius 3 is 2.65 bits per heavy atom. The number of carbonyl (C=O) groups is 2. The fraction of sp³-hybridized carbons (Fsp3) is 0.700. The standard InChI is InChI=1S/C20H28N2O3S/c23-18(8-7-16-4-1-2-5-16)22-13-15-26-20(22)9-11-21(12-10-20)19(24)17-6-3-14-25-17/h3,6,14,16H,1-2,4-5,7-13,15H2. The van der Waals surface area contributed by atoms with Crippen LogP contribution in [0.5, 0.6) is 0 Å². The molecule has 0 bridgehead atoms. The predicted octanol–water partition coefficient (Wildman–Crippen LogP) is 3.76. The Bertz CT molecular complexity index is 631. The normalized spacial score (nSPS) is 23.1. The lowest BCUT2D eigenvalue weighted by atomic mass is 9.98. The van der Waals surface area contributed by atoms with E-state index in [9.17, 15) is 9.59 Å². The number of likely N-dealkylation sites (tertiary alicyclic amines) is 1. The topological polar surface area (TPSA) is 53.8 Å². The van der Waals surface area contributed by atoms with E-state index in [-0.39, 0.29) is 10.8 Å². The van der Waals surface area contributed by atoms with Crippen LogP contribution in [0, 0.1) is 5.92 Å². The van der Waals surface area contributed by atoms with Crippen LogP contribution in [0.25, 0.3) is 0 Å². The third kappa shape index (κ3) is 3.53. The number of hydrogen-bond donors (Lipinski definition) is 0. The van der Waals surface area contributed by atoms with Crippen molar-refractivity contribution in [2.24, 2.45) is 5.92 Å². The third-order valence-electron chi connectivity index (χ3n) is 6.28. The van der Waals surface area contributed by atoms with Gasteiger partial charge in [-0.05, 0) is 37.3 Å². The largest absolute Gasteiger partial charge is 0.459 e. The lowest BCUT2D eigenvalue weighted by Gasteiger charge is -2.44. The van der Waals surface area contributed by atoms with Crippen LogP contribution in [-0.2, 0) is 4.79 Å². The van der Waals surface area contributed by atoms with Crippen molar-refractivity contribution in [3.63, 3.8) is 0 Å². The predicted molar refractivity (Wildman–Crippen MR) is 102 cm³/mol. The van der Waals surface area contributed by atoms with Crippen molar-refractivity contribution < 1.29 is 14.0 Å². The first kappa shape index (κ1) is 18.0. The maximum Gasteiger partial charge on any atom is 0.289 e. The lowest BCUT2D eigenvalue weighted by Crippen LogP contribution is -2.53. The lowest BCUT2D eigenvalue weighted by molar-refractivity contribution is -0.135. The quantitative estimate of drug-likeness (QED) is 0.803. The number of furan rings is 1. The van der Waals surface area contributed by atoms with Gasteiger partial charge in [0.1, 0.15) is 0 Å². The second-order valence-corrected chi connectivity index (χ2v) is 9.26. The molecule has 3 fully saturated rings.